The second-order valence-corrected chi connectivity index (χ2v) is 5.70. The first-order chi connectivity index (χ1) is 9.76. The summed E-state index contributed by atoms with van der Waals surface area (Å²) >= 11 is 3.60. The number of aryl methyl sites for hydroxylation is 2. The molecule has 0 atom stereocenters. The Morgan fingerprint density at radius 3 is 2.95 bits per heavy atom. The average Bonchev–Trinajstić information content (AvgIpc) is 3.05. The summed E-state index contributed by atoms with van der Waals surface area (Å²) in [6.07, 6.45) is 3.59. The standard InChI is InChI=1S/C14H16BrN3O2/c1-19-8-13-17-14(20-18-13)7-16-12-6-10-4-2-3-9(10)5-11(12)15/h5-6,16H,2-4,7-8H2,1H3. The van der Waals surface area contributed by atoms with Crippen LogP contribution < -0.4 is 5.32 Å². The zero-order chi connectivity index (χ0) is 13.9. The molecule has 1 heterocycles. The van der Waals surface area contributed by atoms with Crippen molar-refractivity contribution in [1.29, 1.82) is 0 Å². The third-order valence-electron chi connectivity index (χ3n) is 3.40. The lowest BCUT2D eigenvalue weighted by Gasteiger charge is -2.09. The van der Waals surface area contributed by atoms with Crippen LogP contribution in [0.1, 0.15) is 29.3 Å². The van der Waals surface area contributed by atoms with E-state index in [4.69, 9.17) is 9.26 Å². The van der Waals surface area contributed by atoms with Gasteiger partial charge in [0, 0.05) is 17.3 Å². The zero-order valence-electron chi connectivity index (χ0n) is 11.3. The first kappa shape index (κ1) is 13.6. The van der Waals surface area contributed by atoms with Crippen LogP contribution in [0.4, 0.5) is 5.69 Å². The van der Waals surface area contributed by atoms with Crippen LogP contribution >= 0.6 is 15.9 Å². The third-order valence-corrected chi connectivity index (χ3v) is 4.05. The highest BCUT2D eigenvalue weighted by Gasteiger charge is 2.14. The van der Waals surface area contributed by atoms with E-state index in [1.165, 1.54) is 24.0 Å². The van der Waals surface area contributed by atoms with Crippen molar-refractivity contribution in [1.82, 2.24) is 10.1 Å². The van der Waals surface area contributed by atoms with Crippen molar-refractivity contribution in [3.63, 3.8) is 0 Å². The predicted octanol–water partition coefficient (Wildman–Crippen LogP) is 3.08. The number of hydrogen-bond acceptors (Lipinski definition) is 5. The van der Waals surface area contributed by atoms with Gasteiger partial charge in [-0.1, -0.05) is 5.16 Å². The minimum absolute atomic E-state index is 0.367. The SMILES string of the molecule is COCc1noc(CNc2cc3c(cc2Br)CCC3)n1. The average molecular weight is 338 g/mol. The second kappa shape index (κ2) is 5.93. The molecule has 0 saturated carbocycles. The highest BCUT2D eigenvalue weighted by atomic mass is 79.9. The summed E-state index contributed by atoms with van der Waals surface area (Å²) in [5.41, 5.74) is 3.95. The van der Waals surface area contributed by atoms with Gasteiger partial charge in [0.25, 0.3) is 0 Å². The van der Waals surface area contributed by atoms with Crippen molar-refractivity contribution in [3.8, 4) is 0 Å². The Bertz CT molecular complexity index is 612. The molecule has 3 rings (SSSR count). The number of fused-ring (bicyclic) bond motifs is 1. The molecule has 1 aromatic heterocycles. The van der Waals surface area contributed by atoms with E-state index in [0.29, 0.717) is 24.9 Å². The van der Waals surface area contributed by atoms with Crippen LogP contribution in [0, 0.1) is 0 Å². The molecule has 0 radical (unpaired) electrons. The minimum Gasteiger partial charge on any atom is -0.377 e. The molecule has 1 aliphatic rings. The van der Waals surface area contributed by atoms with E-state index in [1.54, 1.807) is 7.11 Å². The van der Waals surface area contributed by atoms with Crippen LogP contribution in [-0.4, -0.2) is 17.3 Å². The molecule has 0 fully saturated rings. The summed E-state index contributed by atoms with van der Waals surface area (Å²) in [4.78, 5) is 4.24. The number of nitrogens with one attached hydrogen (secondary N) is 1. The molecule has 1 N–H and O–H groups in total. The van der Waals surface area contributed by atoms with E-state index >= 15 is 0 Å². The zero-order valence-corrected chi connectivity index (χ0v) is 12.9. The molecule has 5 nitrogen and oxygen atoms in total. The fourth-order valence-electron chi connectivity index (χ4n) is 2.45. The number of methoxy groups -OCH3 is 1. The molecule has 2 aromatic rings. The van der Waals surface area contributed by atoms with E-state index in [0.717, 1.165) is 16.6 Å². The van der Waals surface area contributed by atoms with Gasteiger partial charge in [-0.15, -0.1) is 0 Å². The van der Waals surface area contributed by atoms with Crippen molar-refractivity contribution in [2.75, 3.05) is 12.4 Å². The summed E-state index contributed by atoms with van der Waals surface area (Å²) in [6, 6.07) is 4.41. The van der Waals surface area contributed by atoms with Gasteiger partial charge in [-0.05, 0) is 58.5 Å². The number of rotatable bonds is 5. The number of ether oxygens (including phenoxy) is 1. The normalized spacial score (nSPS) is 13.5. The van der Waals surface area contributed by atoms with Gasteiger partial charge in [0.1, 0.15) is 6.61 Å². The monoisotopic (exact) mass is 337 g/mol. The van der Waals surface area contributed by atoms with Gasteiger partial charge >= 0.3 is 0 Å². The maximum absolute atomic E-state index is 5.15. The first-order valence-electron chi connectivity index (χ1n) is 6.62. The summed E-state index contributed by atoms with van der Waals surface area (Å²) < 4.78 is 11.2. The molecule has 6 heteroatoms. The third kappa shape index (κ3) is 2.86. The van der Waals surface area contributed by atoms with Gasteiger partial charge in [0.05, 0.1) is 6.54 Å². The Hall–Kier alpha value is -1.40. The fraction of sp³-hybridized carbons (Fsp3) is 0.429. The Morgan fingerprint density at radius 2 is 2.15 bits per heavy atom. The van der Waals surface area contributed by atoms with E-state index < -0.39 is 0 Å². The molecule has 0 unspecified atom stereocenters. The van der Waals surface area contributed by atoms with Crippen LogP contribution in [0.15, 0.2) is 21.1 Å². The van der Waals surface area contributed by atoms with Crippen LogP contribution in [0.2, 0.25) is 0 Å². The molecule has 0 saturated heterocycles. The molecule has 0 aliphatic heterocycles. The molecule has 0 spiro atoms. The summed E-state index contributed by atoms with van der Waals surface area (Å²) in [7, 11) is 1.61. The van der Waals surface area contributed by atoms with E-state index in [9.17, 15) is 0 Å². The number of anilines is 1. The van der Waals surface area contributed by atoms with Crippen LogP contribution in [0.5, 0.6) is 0 Å². The highest BCUT2D eigenvalue weighted by Crippen LogP contribution is 2.31. The smallest absolute Gasteiger partial charge is 0.246 e. The number of halogens is 1. The lowest BCUT2D eigenvalue weighted by Crippen LogP contribution is -2.02. The number of benzene rings is 1. The molecule has 0 amide bonds. The molecular formula is C14H16BrN3O2. The summed E-state index contributed by atoms with van der Waals surface area (Å²) in [6.45, 7) is 0.875. The quantitative estimate of drug-likeness (QED) is 0.908. The van der Waals surface area contributed by atoms with E-state index in [-0.39, 0.29) is 0 Å². The Balaban J connectivity index is 1.68. The molecule has 106 valence electrons. The van der Waals surface area contributed by atoms with E-state index in [2.05, 4.69) is 43.5 Å². The van der Waals surface area contributed by atoms with Crippen molar-refractivity contribution in [2.45, 2.75) is 32.4 Å². The molecule has 1 aromatic carbocycles. The highest BCUT2D eigenvalue weighted by molar-refractivity contribution is 9.10. The van der Waals surface area contributed by atoms with E-state index in [1.807, 2.05) is 0 Å². The van der Waals surface area contributed by atoms with Gasteiger partial charge in [-0.25, -0.2) is 0 Å². The van der Waals surface area contributed by atoms with Crippen LogP contribution in [0.25, 0.3) is 0 Å². The van der Waals surface area contributed by atoms with Gasteiger partial charge in [-0.2, -0.15) is 4.98 Å². The minimum atomic E-state index is 0.367. The number of hydrogen-bond donors (Lipinski definition) is 1. The van der Waals surface area contributed by atoms with Crippen molar-refractivity contribution >= 4 is 21.6 Å². The number of nitrogens with zero attached hydrogens (tertiary/aromatic N) is 2. The Kier molecular flexibility index (Phi) is 4.03. The first-order valence-corrected chi connectivity index (χ1v) is 7.41. The van der Waals surface area contributed by atoms with Gasteiger partial charge in [-0.3, -0.25) is 0 Å². The molecule has 20 heavy (non-hydrogen) atoms. The fourth-order valence-corrected chi connectivity index (χ4v) is 2.98. The summed E-state index contributed by atoms with van der Waals surface area (Å²) in [5.74, 6) is 1.13. The second-order valence-electron chi connectivity index (χ2n) is 4.85. The van der Waals surface area contributed by atoms with Gasteiger partial charge in [0.2, 0.25) is 5.89 Å². The lowest BCUT2D eigenvalue weighted by atomic mass is 10.1. The van der Waals surface area contributed by atoms with Crippen molar-refractivity contribution in [2.24, 2.45) is 0 Å². The predicted molar refractivity (Wildman–Crippen MR) is 78.5 cm³/mol. The molecule has 1 aliphatic carbocycles. The van der Waals surface area contributed by atoms with Gasteiger partial charge < -0.3 is 14.6 Å². The van der Waals surface area contributed by atoms with Gasteiger partial charge in [0.15, 0.2) is 5.82 Å². The van der Waals surface area contributed by atoms with Crippen molar-refractivity contribution in [3.05, 3.63) is 39.4 Å². The topological polar surface area (TPSA) is 60.2 Å². The largest absolute Gasteiger partial charge is 0.377 e. The lowest BCUT2D eigenvalue weighted by molar-refractivity contribution is 0.174. The maximum atomic E-state index is 5.15. The Morgan fingerprint density at radius 1 is 1.35 bits per heavy atom. The van der Waals surface area contributed by atoms with Crippen LogP contribution in [0.3, 0.4) is 0 Å². The number of aromatic nitrogens is 2. The van der Waals surface area contributed by atoms with Crippen molar-refractivity contribution < 1.29 is 9.26 Å². The molecule has 0 bridgehead atoms. The Labute approximate surface area is 125 Å². The molecular weight excluding hydrogens is 322 g/mol. The summed E-state index contributed by atoms with van der Waals surface area (Å²) in [5, 5.41) is 7.17. The maximum Gasteiger partial charge on any atom is 0.246 e. The van der Waals surface area contributed by atoms with Crippen LogP contribution in [-0.2, 0) is 30.7 Å².